The van der Waals surface area contributed by atoms with E-state index in [4.69, 9.17) is 4.42 Å². The minimum absolute atomic E-state index is 0.0496. The van der Waals surface area contributed by atoms with Gasteiger partial charge in [0.1, 0.15) is 23.7 Å². The maximum Gasteiger partial charge on any atom is 0.242 e. The standard InChI is InChI=1S/C22H23N3O2/c1-4-20-17(16-9-5-8-12-21(16)27-20)13-24(3)22(26)14-25-15(2)23-18-10-6-7-11-19(18)25/h5-12H,4,13-14H2,1-3H3. The molecule has 0 unspecified atom stereocenters. The summed E-state index contributed by atoms with van der Waals surface area (Å²) in [5, 5.41) is 1.08. The van der Waals surface area contributed by atoms with Crippen LogP contribution in [0.2, 0.25) is 0 Å². The summed E-state index contributed by atoms with van der Waals surface area (Å²) >= 11 is 0. The van der Waals surface area contributed by atoms with Gasteiger partial charge in [-0.15, -0.1) is 0 Å². The summed E-state index contributed by atoms with van der Waals surface area (Å²) in [6.45, 7) is 4.82. The SMILES string of the molecule is CCc1oc2ccccc2c1CN(C)C(=O)Cn1c(C)nc2ccccc21. The molecule has 0 saturated heterocycles. The van der Waals surface area contributed by atoms with Crippen molar-refractivity contribution in [1.29, 1.82) is 0 Å². The number of hydrogen-bond donors (Lipinski definition) is 0. The van der Waals surface area contributed by atoms with Crippen molar-refractivity contribution in [1.82, 2.24) is 14.5 Å². The van der Waals surface area contributed by atoms with Crippen molar-refractivity contribution in [2.24, 2.45) is 0 Å². The van der Waals surface area contributed by atoms with E-state index in [0.29, 0.717) is 6.54 Å². The molecule has 27 heavy (non-hydrogen) atoms. The Kier molecular flexibility index (Phi) is 4.44. The Labute approximate surface area is 158 Å². The maximum absolute atomic E-state index is 12.9. The Balaban J connectivity index is 1.59. The van der Waals surface area contributed by atoms with Gasteiger partial charge in [-0.05, 0) is 25.1 Å². The summed E-state index contributed by atoms with van der Waals surface area (Å²) in [5.41, 5.74) is 3.87. The number of carbonyl (C=O) groups is 1. The fraction of sp³-hybridized carbons (Fsp3) is 0.273. The monoisotopic (exact) mass is 361 g/mol. The molecule has 0 aliphatic heterocycles. The molecule has 0 saturated carbocycles. The van der Waals surface area contributed by atoms with Gasteiger partial charge in [0.15, 0.2) is 0 Å². The molecular formula is C22H23N3O2. The number of amides is 1. The van der Waals surface area contributed by atoms with Gasteiger partial charge in [-0.3, -0.25) is 4.79 Å². The number of carbonyl (C=O) groups excluding carboxylic acids is 1. The molecule has 0 fully saturated rings. The van der Waals surface area contributed by atoms with Gasteiger partial charge in [-0.2, -0.15) is 0 Å². The molecule has 4 aromatic rings. The van der Waals surface area contributed by atoms with Crippen molar-refractivity contribution in [2.75, 3.05) is 7.05 Å². The summed E-state index contributed by atoms with van der Waals surface area (Å²) in [5.74, 6) is 1.84. The van der Waals surface area contributed by atoms with E-state index in [1.54, 1.807) is 4.90 Å². The number of nitrogens with zero attached hydrogens (tertiary/aromatic N) is 3. The number of rotatable bonds is 5. The highest BCUT2D eigenvalue weighted by atomic mass is 16.3. The molecule has 0 N–H and O–H groups in total. The van der Waals surface area contributed by atoms with Crippen LogP contribution in [0.4, 0.5) is 0 Å². The summed E-state index contributed by atoms with van der Waals surface area (Å²) < 4.78 is 7.93. The first-order chi connectivity index (χ1) is 13.1. The first-order valence-corrected chi connectivity index (χ1v) is 9.23. The van der Waals surface area contributed by atoms with E-state index in [2.05, 4.69) is 18.0 Å². The minimum atomic E-state index is 0.0496. The van der Waals surface area contributed by atoms with Gasteiger partial charge in [0.05, 0.1) is 11.0 Å². The van der Waals surface area contributed by atoms with Crippen LogP contribution in [0.5, 0.6) is 0 Å². The Bertz CT molecular complexity index is 1120. The lowest BCUT2D eigenvalue weighted by molar-refractivity contribution is -0.131. The second kappa shape index (κ2) is 6.91. The van der Waals surface area contributed by atoms with Crippen molar-refractivity contribution in [3.63, 3.8) is 0 Å². The number of aryl methyl sites for hydroxylation is 2. The molecule has 138 valence electrons. The molecular weight excluding hydrogens is 338 g/mol. The summed E-state index contributed by atoms with van der Waals surface area (Å²) in [6, 6.07) is 15.9. The number of aromatic nitrogens is 2. The maximum atomic E-state index is 12.9. The molecule has 2 aromatic carbocycles. The predicted molar refractivity (Wildman–Crippen MR) is 107 cm³/mol. The molecule has 4 rings (SSSR count). The predicted octanol–water partition coefficient (Wildman–Crippen LogP) is 4.31. The molecule has 0 aliphatic rings. The van der Waals surface area contributed by atoms with Gasteiger partial charge in [0, 0.05) is 31.0 Å². The molecule has 0 atom stereocenters. The van der Waals surface area contributed by atoms with Crippen molar-refractivity contribution >= 4 is 27.9 Å². The average molecular weight is 361 g/mol. The Morgan fingerprint density at radius 2 is 1.89 bits per heavy atom. The lowest BCUT2D eigenvalue weighted by Gasteiger charge is -2.18. The van der Waals surface area contributed by atoms with Gasteiger partial charge in [0.25, 0.3) is 0 Å². The molecule has 5 heteroatoms. The van der Waals surface area contributed by atoms with Crippen LogP contribution in [0.25, 0.3) is 22.0 Å². The van der Waals surface area contributed by atoms with Gasteiger partial charge >= 0.3 is 0 Å². The molecule has 1 amide bonds. The van der Waals surface area contributed by atoms with Crippen LogP contribution in [0, 0.1) is 6.92 Å². The number of fused-ring (bicyclic) bond motifs is 2. The number of likely N-dealkylation sites (N-methyl/N-ethyl adjacent to an activating group) is 1. The molecule has 0 bridgehead atoms. The van der Waals surface area contributed by atoms with E-state index in [1.165, 1.54) is 0 Å². The molecule has 0 spiro atoms. The third-order valence-corrected chi connectivity index (χ3v) is 5.06. The Morgan fingerprint density at radius 3 is 2.70 bits per heavy atom. The zero-order valence-corrected chi connectivity index (χ0v) is 15.9. The normalized spacial score (nSPS) is 11.4. The van der Waals surface area contributed by atoms with E-state index in [0.717, 1.165) is 45.6 Å². The first-order valence-electron chi connectivity index (χ1n) is 9.23. The fourth-order valence-corrected chi connectivity index (χ4v) is 3.59. The number of para-hydroxylation sites is 3. The van der Waals surface area contributed by atoms with Crippen molar-refractivity contribution in [2.45, 2.75) is 33.4 Å². The smallest absolute Gasteiger partial charge is 0.242 e. The number of furan rings is 1. The molecule has 2 aromatic heterocycles. The van der Waals surface area contributed by atoms with E-state index in [-0.39, 0.29) is 12.5 Å². The number of hydrogen-bond acceptors (Lipinski definition) is 3. The zero-order chi connectivity index (χ0) is 19.0. The lowest BCUT2D eigenvalue weighted by atomic mass is 10.1. The quantitative estimate of drug-likeness (QED) is 0.532. The topological polar surface area (TPSA) is 51.3 Å². The zero-order valence-electron chi connectivity index (χ0n) is 15.9. The molecule has 5 nitrogen and oxygen atoms in total. The van der Waals surface area contributed by atoms with Gasteiger partial charge in [-0.25, -0.2) is 4.98 Å². The summed E-state index contributed by atoms with van der Waals surface area (Å²) in [6.07, 6.45) is 0.803. The van der Waals surface area contributed by atoms with Crippen LogP contribution in [-0.2, 0) is 24.3 Å². The van der Waals surface area contributed by atoms with Crippen molar-refractivity contribution in [3.05, 3.63) is 65.7 Å². The van der Waals surface area contributed by atoms with E-state index in [9.17, 15) is 4.79 Å². The highest BCUT2D eigenvalue weighted by Crippen LogP contribution is 2.27. The number of benzene rings is 2. The Morgan fingerprint density at radius 1 is 1.15 bits per heavy atom. The van der Waals surface area contributed by atoms with Gasteiger partial charge in [0.2, 0.25) is 5.91 Å². The number of imidazole rings is 1. The summed E-state index contributed by atoms with van der Waals surface area (Å²) in [7, 11) is 1.85. The van der Waals surface area contributed by atoms with Crippen LogP contribution in [-0.4, -0.2) is 27.4 Å². The van der Waals surface area contributed by atoms with Crippen LogP contribution in [0.3, 0.4) is 0 Å². The molecule has 0 aliphatic carbocycles. The highest BCUT2D eigenvalue weighted by Gasteiger charge is 2.18. The highest BCUT2D eigenvalue weighted by molar-refractivity contribution is 5.84. The van der Waals surface area contributed by atoms with Crippen LogP contribution >= 0.6 is 0 Å². The van der Waals surface area contributed by atoms with E-state index < -0.39 is 0 Å². The third-order valence-electron chi connectivity index (χ3n) is 5.06. The second-order valence-corrected chi connectivity index (χ2v) is 6.84. The van der Waals surface area contributed by atoms with Crippen LogP contribution < -0.4 is 0 Å². The van der Waals surface area contributed by atoms with Crippen LogP contribution in [0.1, 0.15) is 24.1 Å². The van der Waals surface area contributed by atoms with Gasteiger partial charge in [-0.1, -0.05) is 37.3 Å². The second-order valence-electron chi connectivity index (χ2n) is 6.84. The van der Waals surface area contributed by atoms with Crippen molar-refractivity contribution in [3.8, 4) is 0 Å². The first kappa shape index (κ1) is 17.3. The summed E-state index contributed by atoms with van der Waals surface area (Å²) in [4.78, 5) is 19.2. The average Bonchev–Trinajstić information content (AvgIpc) is 3.19. The van der Waals surface area contributed by atoms with Crippen molar-refractivity contribution < 1.29 is 9.21 Å². The minimum Gasteiger partial charge on any atom is -0.461 e. The van der Waals surface area contributed by atoms with E-state index in [1.807, 2.05) is 61.0 Å². The van der Waals surface area contributed by atoms with Gasteiger partial charge < -0.3 is 13.9 Å². The largest absolute Gasteiger partial charge is 0.461 e. The van der Waals surface area contributed by atoms with Crippen LogP contribution in [0.15, 0.2) is 52.9 Å². The lowest BCUT2D eigenvalue weighted by Crippen LogP contribution is -2.30. The fourth-order valence-electron chi connectivity index (χ4n) is 3.59. The Hall–Kier alpha value is -3.08. The molecule has 0 radical (unpaired) electrons. The molecule has 2 heterocycles. The van der Waals surface area contributed by atoms with E-state index >= 15 is 0 Å². The third kappa shape index (κ3) is 3.10.